The molecule has 3 unspecified atom stereocenters. The van der Waals surface area contributed by atoms with Gasteiger partial charge < -0.3 is 0 Å². The Hall–Kier alpha value is -0.440. The number of fused-ring (bicyclic) bond motifs is 1. The lowest BCUT2D eigenvalue weighted by atomic mass is 9.63. The van der Waals surface area contributed by atoms with Crippen LogP contribution in [0.3, 0.4) is 0 Å². The van der Waals surface area contributed by atoms with Crippen molar-refractivity contribution in [2.45, 2.75) is 64.2 Å². The van der Waals surface area contributed by atoms with E-state index < -0.39 is 0 Å². The first-order valence-corrected chi connectivity index (χ1v) is 7.43. The molecule has 16 heavy (non-hydrogen) atoms. The average Bonchev–Trinajstić information content (AvgIpc) is 2.31. The summed E-state index contributed by atoms with van der Waals surface area (Å²) in [5.41, 5.74) is 0. The molecule has 0 radical (unpaired) electrons. The third kappa shape index (κ3) is 2.29. The van der Waals surface area contributed by atoms with Gasteiger partial charge in [0.25, 0.3) is 0 Å². The first-order valence-electron chi connectivity index (χ1n) is 7.43. The van der Waals surface area contributed by atoms with E-state index in [9.17, 15) is 0 Å². The van der Waals surface area contributed by atoms with Crippen molar-refractivity contribution in [3.8, 4) is 11.8 Å². The van der Waals surface area contributed by atoms with E-state index in [0.717, 1.165) is 23.7 Å². The first-order chi connectivity index (χ1) is 7.92. The highest BCUT2D eigenvalue weighted by atomic mass is 14.4. The van der Waals surface area contributed by atoms with Crippen molar-refractivity contribution < 1.29 is 0 Å². The lowest BCUT2D eigenvalue weighted by Crippen LogP contribution is -2.32. The Labute approximate surface area is 100 Å². The molecule has 3 aliphatic rings. The molecule has 0 aliphatic heterocycles. The van der Waals surface area contributed by atoms with E-state index in [1.807, 2.05) is 0 Å². The lowest BCUT2D eigenvalue weighted by molar-refractivity contribution is 0.0963. The minimum Gasteiger partial charge on any atom is -0.0996 e. The highest BCUT2D eigenvalue weighted by Crippen LogP contribution is 2.46. The Morgan fingerprint density at radius 1 is 0.562 bits per heavy atom. The summed E-state index contributed by atoms with van der Waals surface area (Å²) in [4.78, 5) is 0. The van der Waals surface area contributed by atoms with Crippen LogP contribution in [-0.2, 0) is 0 Å². The van der Waals surface area contributed by atoms with Gasteiger partial charge >= 0.3 is 0 Å². The molecule has 0 aromatic heterocycles. The number of rotatable bonds is 0. The van der Waals surface area contributed by atoms with Gasteiger partial charge in [0.05, 0.1) is 0 Å². The zero-order valence-corrected chi connectivity index (χ0v) is 10.4. The average molecular weight is 216 g/mol. The SMILES string of the molecule is C(#CC1CCC2CCC2C1)C1CCCCC1. The Morgan fingerprint density at radius 2 is 1.25 bits per heavy atom. The molecular weight excluding hydrogens is 192 g/mol. The van der Waals surface area contributed by atoms with Gasteiger partial charge in [-0.1, -0.05) is 31.1 Å². The standard InChI is InChI=1S/C16H24/c1-2-4-13(5-3-1)6-7-14-8-9-15-10-11-16(15)12-14/h13-16H,1-5,8-12H2. The molecule has 0 amide bonds. The van der Waals surface area contributed by atoms with E-state index in [0.29, 0.717) is 0 Å². The van der Waals surface area contributed by atoms with Gasteiger partial charge in [-0.05, 0) is 56.8 Å². The predicted octanol–water partition coefficient (Wildman–Crippen LogP) is 4.40. The molecule has 0 heterocycles. The molecule has 3 fully saturated rings. The second-order valence-electron chi connectivity index (χ2n) is 6.23. The predicted molar refractivity (Wildman–Crippen MR) is 67.9 cm³/mol. The Balaban J connectivity index is 1.51. The fraction of sp³-hybridized carbons (Fsp3) is 0.875. The molecule has 3 aliphatic carbocycles. The van der Waals surface area contributed by atoms with Gasteiger partial charge in [0.15, 0.2) is 0 Å². The molecule has 0 aromatic carbocycles. The summed E-state index contributed by atoms with van der Waals surface area (Å²) >= 11 is 0. The molecule has 3 rings (SSSR count). The van der Waals surface area contributed by atoms with E-state index in [1.54, 1.807) is 0 Å². The summed E-state index contributed by atoms with van der Waals surface area (Å²) in [6.45, 7) is 0. The van der Waals surface area contributed by atoms with Crippen LogP contribution in [-0.4, -0.2) is 0 Å². The number of hydrogen-bond donors (Lipinski definition) is 0. The van der Waals surface area contributed by atoms with Crippen molar-refractivity contribution in [3.05, 3.63) is 0 Å². The molecule has 3 atom stereocenters. The summed E-state index contributed by atoms with van der Waals surface area (Å²) in [6, 6.07) is 0. The van der Waals surface area contributed by atoms with E-state index in [-0.39, 0.29) is 0 Å². The van der Waals surface area contributed by atoms with Gasteiger partial charge in [-0.2, -0.15) is 0 Å². The third-order valence-corrected chi connectivity index (χ3v) is 5.14. The normalized spacial score (nSPS) is 39.1. The van der Waals surface area contributed by atoms with Gasteiger partial charge in [-0.3, -0.25) is 0 Å². The smallest absolute Gasteiger partial charge is 0.0205 e. The van der Waals surface area contributed by atoms with E-state index in [1.165, 1.54) is 64.2 Å². The van der Waals surface area contributed by atoms with Gasteiger partial charge in [0, 0.05) is 11.8 Å². The maximum absolute atomic E-state index is 3.63. The summed E-state index contributed by atoms with van der Waals surface area (Å²) in [5.74, 6) is 10.9. The molecule has 0 spiro atoms. The summed E-state index contributed by atoms with van der Waals surface area (Å²) in [5, 5.41) is 0. The largest absolute Gasteiger partial charge is 0.0996 e. The zero-order chi connectivity index (χ0) is 10.8. The van der Waals surface area contributed by atoms with Crippen LogP contribution in [0, 0.1) is 35.5 Å². The van der Waals surface area contributed by atoms with Crippen LogP contribution in [0.2, 0.25) is 0 Å². The van der Waals surface area contributed by atoms with Crippen molar-refractivity contribution in [3.63, 3.8) is 0 Å². The van der Waals surface area contributed by atoms with Crippen molar-refractivity contribution in [1.82, 2.24) is 0 Å². The zero-order valence-electron chi connectivity index (χ0n) is 10.4. The van der Waals surface area contributed by atoms with Gasteiger partial charge in [0.1, 0.15) is 0 Å². The van der Waals surface area contributed by atoms with Crippen molar-refractivity contribution in [1.29, 1.82) is 0 Å². The van der Waals surface area contributed by atoms with Gasteiger partial charge in [-0.25, -0.2) is 0 Å². The summed E-state index contributed by atoms with van der Waals surface area (Å²) in [6.07, 6.45) is 14.4. The molecule has 0 N–H and O–H groups in total. The molecule has 88 valence electrons. The molecule has 0 aromatic rings. The fourth-order valence-electron chi connectivity index (χ4n) is 3.84. The maximum Gasteiger partial charge on any atom is 0.0205 e. The van der Waals surface area contributed by atoms with Gasteiger partial charge in [0.2, 0.25) is 0 Å². The second kappa shape index (κ2) is 4.82. The quantitative estimate of drug-likeness (QED) is 0.527. The minimum absolute atomic E-state index is 0.757. The van der Waals surface area contributed by atoms with Gasteiger partial charge in [-0.15, -0.1) is 0 Å². The molecule has 0 bridgehead atoms. The Kier molecular flexibility index (Phi) is 3.22. The van der Waals surface area contributed by atoms with Crippen molar-refractivity contribution in [2.75, 3.05) is 0 Å². The topological polar surface area (TPSA) is 0 Å². The Morgan fingerprint density at radius 3 is 1.94 bits per heavy atom. The van der Waals surface area contributed by atoms with Crippen molar-refractivity contribution in [2.24, 2.45) is 23.7 Å². The van der Waals surface area contributed by atoms with E-state index in [4.69, 9.17) is 0 Å². The number of hydrogen-bond acceptors (Lipinski definition) is 0. The van der Waals surface area contributed by atoms with Crippen LogP contribution in [0.5, 0.6) is 0 Å². The lowest BCUT2D eigenvalue weighted by Gasteiger charge is -2.42. The highest BCUT2D eigenvalue weighted by molar-refractivity contribution is 5.10. The molecular formula is C16H24. The summed E-state index contributed by atoms with van der Waals surface area (Å²) < 4.78 is 0. The van der Waals surface area contributed by atoms with E-state index >= 15 is 0 Å². The van der Waals surface area contributed by atoms with Crippen LogP contribution in [0.1, 0.15) is 64.2 Å². The Bertz CT molecular complexity index is 287. The van der Waals surface area contributed by atoms with Crippen LogP contribution in [0.25, 0.3) is 0 Å². The summed E-state index contributed by atoms with van der Waals surface area (Å²) in [7, 11) is 0. The molecule has 0 nitrogen and oxygen atoms in total. The van der Waals surface area contributed by atoms with Crippen molar-refractivity contribution >= 4 is 0 Å². The van der Waals surface area contributed by atoms with Crippen LogP contribution >= 0.6 is 0 Å². The van der Waals surface area contributed by atoms with Crippen LogP contribution in [0.15, 0.2) is 0 Å². The second-order valence-corrected chi connectivity index (χ2v) is 6.23. The molecule has 0 heteroatoms. The third-order valence-electron chi connectivity index (χ3n) is 5.14. The van der Waals surface area contributed by atoms with Crippen LogP contribution < -0.4 is 0 Å². The van der Waals surface area contributed by atoms with Crippen LogP contribution in [0.4, 0.5) is 0 Å². The van der Waals surface area contributed by atoms with E-state index in [2.05, 4.69) is 11.8 Å². The first kappa shape index (κ1) is 10.7. The fourth-order valence-corrected chi connectivity index (χ4v) is 3.84. The maximum atomic E-state index is 3.63. The molecule has 3 saturated carbocycles. The highest BCUT2D eigenvalue weighted by Gasteiger charge is 2.35. The minimum atomic E-state index is 0.757. The molecule has 0 saturated heterocycles. The monoisotopic (exact) mass is 216 g/mol.